The van der Waals surface area contributed by atoms with Crippen LogP contribution in [-0.2, 0) is 9.47 Å². The van der Waals surface area contributed by atoms with Gasteiger partial charge in [0.25, 0.3) is 0 Å². The summed E-state index contributed by atoms with van der Waals surface area (Å²) in [5.74, 6) is 1.85. The third-order valence-electron chi connectivity index (χ3n) is 5.70. The van der Waals surface area contributed by atoms with E-state index in [1.165, 1.54) is 12.0 Å². The number of allylic oxidation sites excluding steroid dienone is 2. The number of nitrogens with zero attached hydrogens (tertiary/aromatic N) is 1. The molecule has 2 atom stereocenters. The van der Waals surface area contributed by atoms with Crippen LogP contribution in [0.2, 0.25) is 0 Å². The fraction of sp³-hybridized carbons (Fsp3) is 0.706. The molecule has 1 saturated carbocycles. The van der Waals surface area contributed by atoms with Crippen molar-refractivity contribution in [2.75, 3.05) is 27.8 Å². The van der Waals surface area contributed by atoms with E-state index >= 15 is 0 Å². The summed E-state index contributed by atoms with van der Waals surface area (Å²) >= 11 is 0. The number of nitrogens with one attached hydrogen (secondary N) is 1. The van der Waals surface area contributed by atoms with Gasteiger partial charge in [-0.25, -0.2) is 0 Å². The van der Waals surface area contributed by atoms with E-state index in [4.69, 9.17) is 14.9 Å². The fourth-order valence-electron chi connectivity index (χ4n) is 4.46. The van der Waals surface area contributed by atoms with E-state index in [1.54, 1.807) is 14.2 Å². The minimum atomic E-state index is 0.252. The highest BCUT2D eigenvalue weighted by Gasteiger charge is 2.50. The third kappa shape index (κ3) is 2.30. The maximum atomic E-state index is 8.07. The second-order valence-corrected chi connectivity index (χ2v) is 6.58. The lowest BCUT2D eigenvalue weighted by atomic mass is 9.63. The van der Waals surface area contributed by atoms with Crippen LogP contribution in [0.3, 0.4) is 0 Å². The van der Waals surface area contributed by atoms with E-state index in [2.05, 4.69) is 18.0 Å². The quantitative estimate of drug-likeness (QED) is 0.868. The Labute approximate surface area is 127 Å². The van der Waals surface area contributed by atoms with E-state index in [1.807, 2.05) is 0 Å². The summed E-state index contributed by atoms with van der Waals surface area (Å²) in [5, 5.41) is 8.07. The lowest BCUT2D eigenvalue weighted by molar-refractivity contribution is 0.176. The number of fused-ring (bicyclic) bond motifs is 1. The summed E-state index contributed by atoms with van der Waals surface area (Å²) < 4.78 is 11.0. The molecular weight excluding hydrogens is 264 g/mol. The van der Waals surface area contributed by atoms with E-state index in [-0.39, 0.29) is 5.41 Å². The molecule has 21 heavy (non-hydrogen) atoms. The van der Waals surface area contributed by atoms with Gasteiger partial charge in [-0.1, -0.05) is 5.57 Å². The van der Waals surface area contributed by atoms with Crippen LogP contribution in [0.5, 0.6) is 0 Å². The number of methoxy groups -OCH3 is 2. The van der Waals surface area contributed by atoms with Crippen LogP contribution in [0.1, 0.15) is 38.5 Å². The number of likely N-dealkylation sites (tertiary alicyclic amines) is 1. The van der Waals surface area contributed by atoms with Crippen molar-refractivity contribution in [2.45, 2.75) is 44.6 Å². The van der Waals surface area contributed by atoms with Crippen LogP contribution in [0.4, 0.5) is 0 Å². The van der Waals surface area contributed by atoms with Gasteiger partial charge in [0.1, 0.15) is 5.76 Å². The molecule has 2 aliphatic carbocycles. The van der Waals surface area contributed by atoms with Crippen molar-refractivity contribution in [3.05, 3.63) is 23.2 Å². The number of rotatable bonds is 3. The summed E-state index contributed by atoms with van der Waals surface area (Å²) in [6, 6.07) is 0.493. The van der Waals surface area contributed by atoms with Crippen molar-refractivity contribution in [1.29, 1.82) is 5.41 Å². The van der Waals surface area contributed by atoms with Crippen molar-refractivity contribution in [3.63, 3.8) is 0 Å². The maximum absolute atomic E-state index is 8.07. The smallest absolute Gasteiger partial charge is 0.156 e. The molecule has 3 aliphatic rings. The van der Waals surface area contributed by atoms with Crippen molar-refractivity contribution >= 4 is 5.71 Å². The Morgan fingerprint density at radius 2 is 2.00 bits per heavy atom. The zero-order valence-corrected chi connectivity index (χ0v) is 13.4. The molecule has 3 rings (SSSR count). The molecule has 0 aromatic carbocycles. The van der Waals surface area contributed by atoms with Gasteiger partial charge in [-0.15, -0.1) is 0 Å². The highest BCUT2D eigenvalue weighted by molar-refractivity contribution is 5.83. The van der Waals surface area contributed by atoms with Crippen LogP contribution in [0.25, 0.3) is 0 Å². The SMILES string of the molecule is COC1=C(OC)CCC([C@@]23CCC(=N)C[C@@H]2N(C)CC3)=C1. The van der Waals surface area contributed by atoms with E-state index < -0.39 is 0 Å². The van der Waals surface area contributed by atoms with Crippen LogP contribution in [0.15, 0.2) is 23.2 Å². The molecule has 0 spiro atoms. The maximum Gasteiger partial charge on any atom is 0.156 e. The van der Waals surface area contributed by atoms with Crippen LogP contribution >= 0.6 is 0 Å². The molecule has 0 bridgehead atoms. The third-order valence-corrected chi connectivity index (χ3v) is 5.70. The van der Waals surface area contributed by atoms with Gasteiger partial charge in [0.15, 0.2) is 5.76 Å². The van der Waals surface area contributed by atoms with E-state index in [9.17, 15) is 0 Å². The van der Waals surface area contributed by atoms with Crippen molar-refractivity contribution in [1.82, 2.24) is 4.90 Å². The normalized spacial score (nSPS) is 33.8. The molecule has 0 amide bonds. The number of hydrogen-bond donors (Lipinski definition) is 1. The Balaban J connectivity index is 1.96. The first-order valence-corrected chi connectivity index (χ1v) is 7.89. The molecule has 4 heteroatoms. The largest absolute Gasteiger partial charge is 0.497 e. The molecule has 0 unspecified atom stereocenters. The predicted octanol–water partition coefficient (Wildman–Crippen LogP) is 3.11. The molecule has 1 N–H and O–H groups in total. The number of hydrogen-bond acceptors (Lipinski definition) is 4. The fourth-order valence-corrected chi connectivity index (χ4v) is 4.46. The Hall–Kier alpha value is -1.29. The molecule has 2 fully saturated rings. The van der Waals surface area contributed by atoms with Crippen molar-refractivity contribution in [2.24, 2.45) is 5.41 Å². The van der Waals surface area contributed by atoms with Crippen LogP contribution in [0, 0.1) is 10.8 Å². The second-order valence-electron chi connectivity index (χ2n) is 6.58. The molecule has 116 valence electrons. The van der Waals surface area contributed by atoms with Crippen LogP contribution in [-0.4, -0.2) is 44.5 Å². The summed E-state index contributed by atoms with van der Waals surface area (Å²) in [6.07, 6.45) is 8.43. The minimum Gasteiger partial charge on any atom is -0.497 e. The lowest BCUT2D eigenvalue weighted by Crippen LogP contribution is -2.44. The molecular formula is C17H26N2O2. The first-order valence-electron chi connectivity index (χ1n) is 7.89. The molecule has 1 saturated heterocycles. The van der Waals surface area contributed by atoms with Gasteiger partial charge in [0.2, 0.25) is 0 Å². The van der Waals surface area contributed by atoms with Gasteiger partial charge in [0.05, 0.1) is 14.2 Å². The van der Waals surface area contributed by atoms with Gasteiger partial charge in [-0.3, -0.25) is 0 Å². The summed E-state index contributed by atoms with van der Waals surface area (Å²) in [7, 11) is 5.65. The Kier molecular flexibility index (Phi) is 3.82. The van der Waals surface area contributed by atoms with Crippen molar-refractivity contribution < 1.29 is 9.47 Å². The average molecular weight is 290 g/mol. The first kappa shape index (κ1) is 14.6. The molecule has 0 radical (unpaired) electrons. The molecule has 0 aromatic heterocycles. The minimum absolute atomic E-state index is 0.252. The summed E-state index contributed by atoms with van der Waals surface area (Å²) in [5.41, 5.74) is 2.69. The van der Waals surface area contributed by atoms with Gasteiger partial charge < -0.3 is 19.8 Å². The zero-order valence-electron chi connectivity index (χ0n) is 13.4. The standard InChI is InChI=1S/C17H26N2O2/c1-19-9-8-17(7-6-13(18)11-16(17)19)12-4-5-14(20-2)15(10-12)21-3/h10,16,18H,4-9,11H2,1-3H3/t16-,17-/m0/s1. The topological polar surface area (TPSA) is 45.6 Å². The van der Waals surface area contributed by atoms with Gasteiger partial charge in [-0.2, -0.15) is 0 Å². The Morgan fingerprint density at radius 3 is 2.71 bits per heavy atom. The van der Waals surface area contributed by atoms with Gasteiger partial charge in [0, 0.05) is 30.0 Å². The Morgan fingerprint density at radius 1 is 1.19 bits per heavy atom. The Bertz CT molecular complexity index is 509. The molecule has 0 aromatic rings. The van der Waals surface area contributed by atoms with Gasteiger partial charge in [-0.05, 0) is 45.4 Å². The summed E-state index contributed by atoms with van der Waals surface area (Å²) in [6.45, 7) is 1.14. The monoisotopic (exact) mass is 290 g/mol. The van der Waals surface area contributed by atoms with E-state index in [0.29, 0.717) is 6.04 Å². The first-order chi connectivity index (χ1) is 10.1. The number of ether oxygens (including phenoxy) is 2. The summed E-state index contributed by atoms with van der Waals surface area (Å²) in [4.78, 5) is 2.45. The van der Waals surface area contributed by atoms with E-state index in [0.717, 1.165) is 55.9 Å². The zero-order chi connectivity index (χ0) is 15.0. The highest BCUT2D eigenvalue weighted by atomic mass is 16.5. The lowest BCUT2D eigenvalue weighted by Gasteiger charge is -2.44. The van der Waals surface area contributed by atoms with Crippen molar-refractivity contribution in [3.8, 4) is 0 Å². The second kappa shape index (κ2) is 5.48. The van der Waals surface area contributed by atoms with Gasteiger partial charge >= 0.3 is 0 Å². The highest BCUT2D eigenvalue weighted by Crippen LogP contribution is 2.53. The molecule has 4 nitrogen and oxygen atoms in total. The average Bonchev–Trinajstić information content (AvgIpc) is 2.85. The van der Waals surface area contributed by atoms with Crippen LogP contribution < -0.4 is 0 Å². The molecule has 1 aliphatic heterocycles. The predicted molar refractivity (Wildman–Crippen MR) is 83.4 cm³/mol. The molecule has 1 heterocycles.